The Morgan fingerprint density at radius 2 is 2.04 bits per heavy atom. The summed E-state index contributed by atoms with van der Waals surface area (Å²) in [4.78, 5) is 13.7. The summed E-state index contributed by atoms with van der Waals surface area (Å²) in [5, 5.41) is 7.12. The topological polar surface area (TPSA) is 56.0 Å². The van der Waals surface area contributed by atoms with E-state index < -0.39 is 28.5 Å². The first-order valence-electron chi connectivity index (χ1n) is 7.14. The summed E-state index contributed by atoms with van der Waals surface area (Å²) in [6.45, 7) is 4.67. The van der Waals surface area contributed by atoms with Gasteiger partial charge < -0.3 is 4.90 Å². The van der Waals surface area contributed by atoms with E-state index in [4.69, 9.17) is 11.6 Å². The maximum atomic E-state index is 12.9. The summed E-state index contributed by atoms with van der Waals surface area (Å²) in [7, 11) is 2.57. The van der Waals surface area contributed by atoms with E-state index in [1.165, 1.54) is 11.9 Å². The molecule has 6 nitrogen and oxygen atoms in total. The highest BCUT2D eigenvalue weighted by Gasteiger charge is 2.40. The van der Waals surface area contributed by atoms with Crippen molar-refractivity contribution in [2.24, 2.45) is 7.05 Å². The lowest BCUT2D eigenvalue weighted by Gasteiger charge is -2.16. The van der Waals surface area contributed by atoms with E-state index in [0.717, 1.165) is 18.3 Å². The van der Waals surface area contributed by atoms with Crippen LogP contribution in [0.5, 0.6) is 0 Å². The minimum Gasteiger partial charge on any atom is -0.336 e. The number of aryl methyl sites for hydroxylation is 2. The van der Waals surface area contributed by atoms with Crippen LogP contribution in [0.3, 0.4) is 0 Å². The zero-order chi connectivity index (χ0) is 18.2. The van der Waals surface area contributed by atoms with E-state index in [1.807, 2.05) is 13.8 Å². The predicted octanol–water partition coefficient (Wildman–Crippen LogP) is 2.89. The molecule has 10 heteroatoms. The Morgan fingerprint density at radius 1 is 1.42 bits per heavy atom. The molecule has 132 valence electrons. The first-order valence-corrected chi connectivity index (χ1v) is 7.52. The van der Waals surface area contributed by atoms with Crippen molar-refractivity contribution in [2.75, 3.05) is 7.05 Å². The zero-order valence-electron chi connectivity index (χ0n) is 13.6. The number of hydrogen-bond acceptors (Lipinski definition) is 3. The molecule has 0 atom stereocenters. The van der Waals surface area contributed by atoms with Gasteiger partial charge in [0.2, 0.25) is 0 Å². The van der Waals surface area contributed by atoms with Crippen molar-refractivity contribution >= 4 is 17.5 Å². The number of carbonyl (C=O) groups excluding carboxylic acids is 1. The van der Waals surface area contributed by atoms with Gasteiger partial charge in [0.15, 0.2) is 11.4 Å². The van der Waals surface area contributed by atoms with Crippen molar-refractivity contribution in [3.8, 4) is 0 Å². The van der Waals surface area contributed by atoms with Gasteiger partial charge in [0, 0.05) is 38.4 Å². The van der Waals surface area contributed by atoms with Crippen LogP contribution >= 0.6 is 11.6 Å². The van der Waals surface area contributed by atoms with E-state index in [-0.39, 0.29) is 6.54 Å². The molecule has 2 aromatic rings. The SMILES string of the molecule is CCn1ncc(CN(C)C(=O)c2nn(C)c(C(F)(F)F)c2Cl)c1C. The first-order chi connectivity index (χ1) is 11.1. The van der Waals surface area contributed by atoms with Crippen molar-refractivity contribution in [3.63, 3.8) is 0 Å². The minimum absolute atomic E-state index is 0.193. The maximum absolute atomic E-state index is 12.9. The van der Waals surface area contributed by atoms with Crippen LogP contribution in [0.1, 0.15) is 34.4 Å². The van der Waals surface area contributed by atoms with Gasteiger partial charge >= 0.3 is 6.18 Å². The molecular weight excluding hydrogens is 347 g/mol. The van der Waals surface area contributed by atoms with E-state index in [1.54, 1.807) is 10.9 Å². The average molecular weight is 364 g/mol. The van der Waals surface area contributed by atoms with E-state index >= 15 is 0 Å². The third-order valence-corrected chi connectivity index (χ3v) is 4.08. The maximum Gasteiger partial charge on any atom is 0.434 e. The van der Waals surface area contributed by atoms with Crippen molar-refractivity contribution < 1.29 is 18.0 Å². The van der Waals surface area contributed by atoms with Gasteiger partial charge in [0.05, 0.1) is 6.20 Å². The Balaban J connectivity index is 2.27. The van der Waals surface area contributed by atoms with Crippen LogP contribution in [0.4, 0.5) is 13.2 Å². The molecular formula is C14H17ClF3N5O. The number of halogens is 4. The molecule has 0 aliphatic carbocycles. The van der Waals surface area contributed by atoms with Gasteiger partial charge in [-0.2, -0.15) is 23.4 Å². The highest BCUT2D eigenvalue weighted by Crippen LogP contribution is 2.36. The number of amides is 1. The molecule has 0 saturated carbocycles. The van der Waals surface area contributed by atoms with Crippen LogP contribution in [0.2, 0.25) is 5.02 Å². The molecule has 0 radical (unpaired) electrons. The zero-order valence-corrected chi connectivity index (χ0v) is 14.4. The van der Waals surface area contributed by atoms with Gasteiger partial charge in [-0.3, -0.25) is 14.2 Å². The number of hydrogen-bond donors (Lipinski definition) is 0. The molecule has 0 aliphatic rings. The highest BCUT2D eigenvalue weighted by atomic mass is 35.5. The summed E-state index contributed by atoms with van der Waals surface area (Å²) in [6, 6.07) is 0. The molecule has 0 unspecified atom stereocenters. The van der Waals surface area contributed by atoms with E-state index in [2.05, 4.69) is 10.2 Å². The average Bonchev–Trinajstić information content (AvgIpc) is 2.97. The lowest BCUT2D eigenvalue weighted by molar-refractivity contribution is -0.143. The van der Waals surface area contributed by atoms with Gasteiger partial charge in [-0.15, -0.1) is 0 Å². The van der Waals surface area contributed by atoms with Crippen molar-refractivity contribution in [1.29, 1.82) is 0 Å². The lowest BCUT2D eigenvalue weighted by atomic mass is 10.2. The Kier molecular flexibility index (Phi) is 4.93. The fourth-order valence-corrected chi connectivity index (χ4v) is 2.76. The standard InChI is InChI=1S/C14H17ClF3N5O/c1-5-23-8(2)9(6-19-23)7-21(3)13(24)11-10(15)12(14(16,17)18)22(4)20-11/h6H,5,7H2,1-4H3. The summed E-state index contributed by atoms with van der Waals surface area (Å²) < 4.78 is 41.2. The van der Waals surface area contributed by atoms with Crippen molar-refractivity contribution in [3.05, 3.63) is 33.9 Å². The molecule has 2 rings (SSSR count). The Hall–Kier alpha value is -2.03. The van der Waals surface area contributed by atoms with E-state index in [9.17, 15) is 18.0 Å². The molecule has 1 amide bonds. The first kappa shape index (κ1) is 18.3. The van der Waals surface area contributed by atoms with Crippen LogP contribution in [0, 0.1) is 6.92 Å². The fourth-order valence-electron chi connectivity index (χ4n) is 2.41. The third-order valence-electron chi connectivity index (χ3n) is 3.72. The predicted molar refractivity (Wildman–Crippen MR) is 81.7 cm³/mol. The Labute approximate surface area is 141 Å². The monoisotopic (exact) mass is 363 g/mol. The summed E-state index contributed by atoms with van der Waals surface area (Å²) in [6.07, 6.45) is -3.06. The summed E-state index contributed by atoms with van der Waals surface area (Å²) >= 11 is 5.75. The van der Waals surface area contributed by atoms with Crippen molar-refractivity contribution in [2.45, 2.75) is 33.1 Å². The number of rotatable bonds is 4. The van der Waals surface area contributed by atoms with Gasteiger partial charge in [-0.05, 0) is 13.8 Å². The number of aromatic nitrogens is 4. The highest BCUT2D eigenvalue weighted by molar-refractivity contribution is 6.34. The number of carbonyl (C=O) groups is 1. The second-order valence-corrected chi connectivity index (χ2v) is 5.74. The quantitative estimate of drug-likeness (QED) is 0.839. The van der Waals surface area contributed by atoms with Crippen LogP contribution in [-0.4, -0.2) is 37.4 Å². The lowest BCUT2D eigenvalue weighted by Crippen LogP contribution is -2.27. The smallest absolute Gasteiger partial charge is 0.336 e. The number of nitrogens with zero attached hydrogens (tertiary/aromatic N) is 5. The summed E-state index contributed by atoms with van der Waals surface area (Å²) in [5.74, 6) is -0.685. The molecule has 0 aliphatic heterocycles. The molecule has 2 heterocycles. The molecule has 24 heavy (non-hydrogen) atoms. The van der Waals surface area contributed by atoms with Gasteiger partial charge in [0.25, 0.3) is 5.91 Å². The van der Waals surface area contributed by atoms with E-state index in [0.29, 0.717) is 11.2 Å². The number of alkyl halides is 3. The van der Waals surface area contributed by atoms with Gasteiger partial charge in [-0.25, -0.2) is 0 Å². The molecule has 0 bridgehead atoms. The molecule has 2 aromatic heterocycles. The van der Waals surface area contributed by atoms with Crippen LogP contribution < -0.4 is 0 Å². The Bertz CT molecular complexity index is 765. The fraction of sp³-hybridized carbons (Fsp3) is 0.500. The Morgan fingerprint density at radius 3 is 2.50 bits per heavy atom. The summed E-state index contributed by atoms with van der Waals surface area (Å²) in [5.41, 5.74) is 0.126. The van der Waals surface area contributed by atoms with Gasteiger partial charge in [-0.1, -0.05) is 11.6 Å². The second-order valence-electron chi connectivity index (χ2n) is 5.36. The molecule has 0 aromatic carbocycles. The molecule has 0 spiro atoms. The molecule has 0 N–H and O–H groups in total. The second kappa shape index (κ2) is 6.46. The van der Waals surface area contributed by atoms with Crippen LogP contribution in [-0.2, 0) is 26.3 Å². The van der Waals surface area contributed by atoms with Crippen LogP contribution in [0.25, 0.3) is 0 Å². The largest absolute Gasteiger partial charge is 0.434 e. The normalized spacial score (nSPS) is 11.8. The third kappa shape index (κ3) is 3.26. The molecule has 0 saturated heterocycles. The minimum atomic E-state index is -4.69. The van der Waals surface area contributed by atoms with Gasteiger partial charge in [0.1, 0.15) is 5.02 Å². The molecule has 0 fully saturated rings. The van der Waals surface area contributed by atoms with Crippen LogP contribution in [0.15, 0.2) is 6.20 Å². The van der Waals surface area contributed by atoms with Crippen molar-refractivity contribution in [1.82, 2.24) is 24.5 Å².